The van der Waals surface area contributed by atoms with Crippen molar-refractivity contribution in [1.82, 2.24) is 0 Å². The van der Waals surface area contributed by atoms with Gasteiger partial charge in [-0.15, -0.1) is 0 Å². The molecule has 0 aliphatic heterocycles. The van der Waals surface area contributed by atoms with E-state index in [1.54, 1.807) is 36.5 Å². The molecule has 0 saturated carbocycles. The summed E-state index contributed by atoms with van der Waals surface area (Å²) >= 11 is -5.22. The van der Waals surface area contributed by atoms with Crippen LogP contribution in [0.3, 0.4) is 0 Å². The van der Waals surface area contributed by atoms with Crippen LogP contribution in [0.2, 0.25) is 0 Å². The molecule has 0 unspecified atom stereocenters. The Bertz CT molecular complexity index is 1510. The molecule has 0 spiro atoms. The Labute approximate surface area is 215 Å². The fraction of sp³-hybridized carbons (Fsp3) is 0.167. The van der Waals surface area contributed by atoms with E-state index in [9.17, 15) is 16.8 Å². The fourth-order valence-electron chi connectivity index (χ4n) is 4.77. The van der Waals surface area contributed by atoms with Crippen LogP contribution < -0.4 is 17.2 Å². The summed E-state index contributed by atoms with van der Waals surface area (Å²) in [5.74, 6) is -4.77. The van der Waals surface area contributed by atoms with Crippen LogP contribution in [-0.4, -0.2) is 29.3 Å². The van der Waals surface area contributed by atoms with Crippen molar-refractivity contribution in [2.45, 2.75) is 12.8 Å². The summed E-state index contributed by atoms with van der Waals surface area (Å²) in [6.45, 7) is 0. The molecule has 0 heterocycles. The van der Waals surface area contributed by atoms with Crippen LogP contribution in [0.15, 0.2) is 68.5 Å². The van der Waals surface area contributed by atoms with Gasteiger partial charge in [0.2, 0.25) is 0 Å². The van der Waals surface area contributed by atoms with Gasteiger partial charge in [0.05, 0.1) is 0 Å². The number of allylic oxidation sites excluding steroid dienone is 8. The number of rotatable bonds is 8. The molecule has 2 aliphatic carbocycles. The van der Waals surface area contributed by atoms with E-state index in [2.05, 4.69) is 0 Å². The Balaban J connectivity index is 2.18. The van der Waals surface area contributed by atoms with Crippen LogP contribution in [0, 0.1) is 23.3 Å². The third-order valence-corrected chi connectivity index (χ3v) is 15.2. The van der Waals surface area contributed by atoms with Crippen molar-refractivity contribution in [2.24, 2.45) is 0 Å². The first-order valence-electron chi connectivity index (χ1n) is 10.9. The molecule has 0 amide bonds. The summed E-state index contributed by atoms with van der Waals surface area (Å²) in [5, 5.41) is 0. The maximum absolute atomic E-state index is 16.2. The van der Waals surface area contributed by atoms with E-state index in [1.807, 2.05) is 9.44 Å². The van der Waals surface area contributed by atoms with Crippen LogP contribution in [0.4, 0.5) is 28.9 Å². The molecular formula is C24H22F4N2O4S2Ti. The van der Waals surface area contributed by atoms with Crippen molar-refractivity contribution >= 4 is 39.2 Å². The SMILES string of the molecule is CS(=O)(=O)Nc1ccc(F)[c]([Ti]([C]2=CC=CC2)([C]2=CC=CC2)[c]2c(F)ccc(NS(C)(=O)=O)c2F)c1F. The first-order chi connectivity index (χ1) is 17.3. The van der Waals surface area contributed by atoms with Gasteiger partial charge in [0.25, 0.3) is 0 Å². The van der Waals surface area contributed by atoms with Gasteiger partial charge in [-0.2, -0.15) is 0 Å². The molecule has 0 aromatic heterocycles. The average molecular weight is 590 g/mol. The minimum absolute atomic E-state index is 0.141. The van der Waals surface area contributed by atoms with E-state index in [1.165, 1.54) is 0 Å². The van der Waals surface area contributed by atoms with E-state index >= 15 is 17.6 Å². The summed E-state index contributed by atoms with van der Waals surface area (Å²) in [5.41, 5.74) is -1.14. The zero-order valence-corrected chi connectivity index (χ0v) is 22.8. The van der Waals surface area contributed by atoms with Crippen LogP contribution in [-0.2, 0) is 36.6 Å². The molecule has 6 nitrogen and oxygen atoms in total. The van der Waals surface area contributed by atoms with Gasteiger partial charge in [-0.25, -0.2) is 0 Å². The quantitative estimate of drug-likeness (QED) is 0.362. The van der Waals surface area contributed by atoms with Crippen LogP contribution in [0.5, 0.6) is 0 Å². The predicted octanol–water partition coefficient (Wildman–Crippen LogP) is 3.78. The monoisotopic (exact) mass is 590 g/mol. The Kier molecular flexibility index (Phi) is 7.32. The zero-order valence-electron chi connectivity index (χ0n) is 19.6. The van der Waals surface area contributed by atoms with Crippen LogP contribution >= 0.6 is 0 Å². The van der Waals surface area contributed by atoms with Crippen molar-refractivity contribution in [1.29, 1.82) is 0 Å². The molecule has 0 saturated heterocycles. The number of sulfonamides is 2. The van der Waals surface area contributed by atoms with E-state index in [-0.39, 0.29) is 12.8 Å². The second-order valence-corrected chi connectivity index (χ2v) is 18.1. The second kappa shape index (κ2) is 9.90. The molecule has 196 valence electrons. The van der Waals surface area contributed by atoms with Crippen molar-refractivity contribution in [2.75, 3.05) is 22.0 Å². The van der Waals surface area contributed by atoms with E-state index in [0.29, 0.717) is 7.76 Å². The molecule has 2 aliphatic rings. The Hall–Kier alpha value is -2.67. The summed E-state index contributed by atoms with van der Waals surface area (Å²) in [6, 6.07) is 3.51. The number of benzene rings is 2. The molecule has 2 N–H and O–H groups in total. The maximum atomic E-state index is 16.2. The summed E-state index contributed by atoms with van der Waals surface area (Å²) < 4.78 is 115. The zero-order chi connectivity index (χ0) is 27.2. The Morgan fingerprint density at radius 1 is 0.676 bits per heavy atom. The molecular weight excluding hydrogens is 568 g/mol. The van der Waals surface area contributed by atoms with E-state index in [4.69, 9.17) is 0 Å². The number of hydrogen-bond donors (Lipinski definition) is 2. The summed E-state index contributed by atoms with van der Waals surface area (Å²) in [6.07, 6.45) is 11.6. The number of nitrogens with one attached hydrogen (secondary N) is 2. The molecule has 2 aromatic rings. The second-order valence-electron chi connectivity index (χ2n) is 8.71. The van der Waals surface area contributed by atoms with Gasteiger partial charge < -0.3 is 0 Å². The van der Waals surface area contributed by atoms with Crippen molar-refractivity contribution < 1.29 is 51.0 Å². The molecule has 37 heavy (non-hydrogen) atoms. The number of anilines is 2. The molecule has 0 atom stereocenters. The van der Waals surface area contributed by atoms with Gasteiger partial charge in [0, 0.05) is 0 Å². The molecule has 0 fully saturated rings. The normalized spacial score (nSPS) is 15.6. The van der Waals surface area contributed by atoms with E-state index in [0.717, 1.165) is 36.8 Å². The Morgan fingerprint density at radius 2 is 1.05 bits per heavy atom. The van der Waals surface area contributed by atoms with Crippen LogP contribution in [0.1, 0.15) is 12.8 Å². The predicted molar refractivity (Wildman–Crippen MR) is 133 cm³/mol. The summed E-state index contributed by atoms with van der Waals surface area (Å²) in [7, 11) is -7.98. The van der Waals surface area contributed by atoms with Gasteiger partial charge in [0.15, 0.2) is 0 Å². The third kappa shape index (κ3) is 5.20. The van der Waals surface area contributed by atoms with Crippen molar-refractivity contribution in [3.63, 3.8) is 0 Å². The fourth-order valence-corrected chi connectivity index (χ4v) is 14.2. The van der Waals surface area contributed by atoms with E-state index < -0.39 is 79.0 Å². The van der Waals surface area contributed by atoms with Gasteiger partial charge in [-0.1, -0.05) is 0 Å². The standard InChI is InChI=1S/2C7H6F2NO2S.2C5H5.Ti/c2*1-13(11,12)10-7-3-2-5(8)4-6(7)9;2*1-2-4-5-3-1;/h2*2-3,10H,1H3;2*1-3H,4H2;. The number of halogens is 4. The average Bonchev–Trinajstić information content (AvgIpc) is 3.50. The first-order valence-corrected chi connectivity index (χ1v) is 17.8. The minimum atomic E-state index is -5.22. The van der Waals surface area contributed by atoms with Gasteiger partial charge >= 0.3 is 217 Å². The third-order valence-electron chi connectivity index (χ3n) is 6.03. The van der Waals surface area contributed by atoms with Crippen molar-refractivity contribution in [3.8, 4) is 0 Å². The van der Waals surface area contributed by atoms with Gasteiger partial charge in [-0.3, -0.25) is 0 Å². The first kappa shape index (κ1) is 27.4. The topological polar surface area (TPSA) is 92.3 Å². The van der Waals surface area contributed by atoms with Gasteiger partial charge in [-0.05, 0) is 0 Å². The van der Waals surface area contributed by atoms with Crippen molar-refractivity contribution in [3.05, 3.63) is 91.7 Å². The molecule has 4 rings (SSSR count). The molecule has 0 bridgehead atoms. The Morgan fingerprint density at radius 3 is 1.35 bits per heavy atom. The summed E-state index contributed by atoms with van der Waals surface area (Å²) in [4.78, 5) is 0. The van der Waals surface area contributed by atoms with Gasteiger partial charge in [0.1, 0.15) is 0 Å². The molecule has 0 radical (unpaired) electrons. The van der Waals surface area contributed by atoms with Crippen LogP contribution in [0.25, 0.3) is 0 Å². The molecule has 2 aromatic carbocycles. The molecule has 13 heteroatoms. The number of hydrogen-bond acceptors (Lipinski definition) is 4.